The number of unbranched alkanes of at least 4 members (excludes halogenated alkanes) is 1. The van der Waals surface area contributed by atoms with Crippen LogP contribution in [-0.2, 0) is 0 Å². The molecule has 0 bridgehead atoms. The maximum atomic E-state index is 12.2. The number of nitrogens with one attached hydrogen (secondary N) is 1. The summed E-state index contributed by atoms with van der Waals surface area (Å²) >= 11 is 0. The van der Waals surface area contributed by atoms with Crippen molar-refractivity contribution in [2.45, 2.75) is 58.4 Å². The zero-order valence-corrected chi connectivity index (χ0v) is 13.0. The molecule has 0 spiro atoms. The molecule has 0 aromatic carbocycles. The van der Waals surface area contributed by atoms with Crippen LogP contribution in [0.25, 0.3) is 0 Å². The highest BCUT2D eigenvalue weighted by Crippen LogP contribution is 2.34. The van der Waals surface area contributed by atoms with Crippen LogP contribution < -0.4 is 5.32 Å². The van der Waals surface area contributed by atoms with E-state index in [1.54, 1.807) is 0 Å². The Bertz CT molecular complexity index is 304. The number of carbonyl (C=O) groups is 1. The molecule has 1 unspecified atom stereocenters. The van der Waals surface area contributed by atoms with E-state index < -0.39 is 0 Å². The normalized spacial score (nSPS) is 19.4. The van der Waals surface area contributed by atoms with E-state index in [-0.39, 0.29) is 24.1 Å². The smallest absolute Gasteiger partial charge is 0.317 e. The van der Waals surface area contributed by atoms with Crippen LogP contribution in [0.3, 0.4) is 0 Å². The number of urea groups is 1. The maximum absolute atomic E-state index is 12.2. The molecule has 0 radical (unpaired) electrons. The van der Waals surface area contributed by atoms with Gasteiger partial charge >= 0.3 is 6.03 Å². The van der Waals surface area contributed by atoms with Gasteiger partial charge in [-0.25, -0.2) is 4.79 Å². The molecule has 1 heterocycles. The van der Waals surface area contributed by atoms with Crippen molar-refractivity contribution in [2.24, 2.45) is 5.41 Å². The molecule has 1 rings (SSSR count). The molecule has 1 atom stereocenters. The predicted molar refractivity (Wildman–Crippen MR) is 82.7 cm³/mol. The fraction of sp³-hybridized carbons (Fsp3) is 0.812. The highest BCUT2D eigenvalue weighted by atomic mass is 16.3. The first-order chi connectivity index (χ1) is 9.56. The third-order valence-electron chi connectivity index (χ3n) is 4.61. The zero-order chi connectivity index (χ0) is 15.0. The molecule has 0 aromatic rings. The van der Waals surface area contributed by atoms with Crippen LogP contribution in [0, 0.1) is 5.41 Å². The van der Waals surface area contributed by atoms with Crippen LogP contribution in [0.1, 0.15) is 52.4 Å². The Balaban J connectivity index is 2.33. The van der Waals surface area contributed by atoms with Crippen molar-refractivity contribution < 1.29 is 9.90 Å². The third-order valence-corrected chi connectivity index (χ3v) is 4.61. The van der Waals surface area contributed by atoms with Gasteiger partial charge in [-0.1, -0.05) is 13.0 Å². The van der Waals surface area contributed by atoms with E-state index >= 15 is 0 Å². The van der Waals surface area contributed by atoms with Crippen molar-refractivity contribution in [3.8, 4) is 0 Å². The molecule has 1 saturated heterocycles. The lowest BCUT2D eigenvalue weighted by molar-refractivity contribution is 0.0515. The van der Waals surface area contributed by atoms with Gasteiger partial charge in [-0.3, -0.25) is 0 Å². The lowest BCUT2D eigenvalue weighted by Gasteiger charge is -2.40. The van der Waals surface area contributed by atoms with Crippen molar-refractivity contribution in [1.82, 2.24) is 10.2 Å². The molecule has 0 aromatic heterocycles. The second-order valence-electron chi connectivity index (χ2n) is 6.07. The second kappa shape index (κ2) is 8.30. The minimum Gasteiger partial charge on any atom is -0.396 e. The Kier molecular flexibility index (Phi) is 7.06. The Labute approximate surface area is 123 Å². The highest BCUT2D eigenvalue weighted by Gasteiger charge is 2.33. The summed E-state index contributed by atoms with van der Waals surface area (Å²) in [5.74, 6) is 0. The van der Waals surface area contributed by atoms with Crippen LogP contribution >= 0.6 is 0 Å². The molecule has 1 aliphatic heterocycles. The minimum atomic E-state index is 0.0341. The van der Waals surface area contributed by atoms with E-state index in [2.05, 4.69) is 25.7 Å². The molecule has 20 heavy (non-hydrogen) atoms. The summed E-state index contributed by atoms with van der Waals surface area (Å²) in [7, 11) is 0. The predicted octanol–water partition coefficient (Wildman–Crippen LogP) is 2.93. The van der Waals surface area contributed by atoms with Gasteiger partial charge in [0.25, 0.3) is 0 Å². The molecular weight excluding hydrogens is 252 g/mol. The highest BCUT2D eigenvalue weighted by molar-refractivity contribution is 5.74. The number of aliphatic hydroxyl groups excluding tert-OH is 1. The van der Waals surface area contributed by atoms with Gasteiger partial charge in [-0.2, -0.15) is 0 Å². The number of likely N-dealkylation sites (tertiary alicyclic amines) is 1. The minimum absolute atomic E-state index is 0.0341. The number of allylic oxidation sites excluding steroid dienone is 1. The molecule has 2 N–H and O–H groups in total. The quantitative estimate of drug-likeness (QED) is 0.557. The molecule has 2 amide bonds. The van der Waals surface area contributed by atoms with E-state index in [4.69, 9.17) is 0 Å². The van der Waals surface area contributed by atoms with Crippen molar-refractivity contribution in [2.75, 3.05) is 19.7 Å². The monoisotopic (exact) mass is 282 g/mol. The fourth-order valence-electron chi connectivity index (χ4n) is 2.75. The Morgan fingerprint density at radius 2 is 2.15 bits per heavy atom. The van der Waals surface area contributed by atoms with Crippen LogP contribution in [0.2, 0.25) is 0 Å². The third kappa shape index (κ3) is 4.82. The van der Waals surface area contributed by atoms with Gasteiger partial charge in [-0.05, 0) is 50.9 Å². The summed E-state index contributed by atoms with van der Waals surface area (Å²) in [6.07, 6.45) is 7.75. The van der Waals surface area contributed by atoms with Crippen LogP contribution in [0.15, 0.2) is 12.7 Å². The van der Waals surface area contributed by atoms with Crippen LogP contribution in [0.5, 0.6) is 0 Å². The standard InChI is InChI=1S/C16H30N2O2/c1-4-6-7-8-14(3)17-15(20)18-11-9-16(5-2,13-19)10-12-18/h4,14,19H,1,5-13H2,2-3H3,(H,17,20). The topological polar surface area (TPSA) is 52.6 Å². The largest absolute Gasteiger partial charge is 0.396 e. The molecule has 116 valence electrons. The first kappa shape index (κ1) is 17.0. The van der Waals surface area contributed by atoms with Crippen molar-refractivity contribution in [1.29, 1.82) is 0 Å². The summed E-state index contributed by atoms with van der Waals surface area (Å²) in [5.41, 5.74) is 0.0341. The van der Waals surface area contributed by atoms with Crippen LogP contribution in [0.4, 0.5) is 4.79 Å². The number of hydrogen-bond donors (Lipinski definition) is 2. The van der Waals surface area contributed by atoms with E-state index in [0.29, 0.717) is 0 Å². The van der Waals surface area contributed by atoms with E-state index in [1.165, 1.54) is 0 Å². The van der Waals surface area contributed by atoms with Gasteiger partial charge in [0.05, 0.1) is 0 Å². The van der Waals surface area contributed by atoms with Gasteiger partial charge in [0.15, 0.2) is 0 Å². The summed E-state index contributed by atoms with van der Waals surface area (Å²) < 4.78 is 0. The Morgan fingerprint density at radius 3 is 2.65 bits per heavy atom. The molecule has 1 fully saturated rings. The number of rotatable bonds is 7. The Hall–Kier alpha value is -1.03. The first-order valence-electron chi connectivity index (χ1n) is 7.84. The van der Waals surface area contributed by atoms with Crippen LogP contribution in [-0.4, -0.2) is 41.8 Å². The molecule has 4 nitrogen and oxygen atoms in total. The van der Waals surface area contributed by atoms with Gasteiger partial charge in [-0.15, -0.1) is 6.58 Å². The maximum Gasteiger partial charge on any atom is 0.317 e. The average Bonchev–Trinajstić information content (AvgIpc) is 2.47. The number of hydrogen-bond acceptors (Lipinski definition) is 2. The van der Waals surface area contributed by atoms with Gasteiger partial charge in [0.2, 0.25) is 0 Å². The van der Waals surface area contributed by atoms with Gasteiger partial charge in [0, 0.05) is 25.7 Å². The van der Waals surface area contributed by atoms with Crippen molar-refractivity contribution in [3.05, 3.63) is 12.7 Å². The average molecular weight is 282 g/mol. The van der Waals surface area contributed by atoms with Gasteiger partial charge < -0.3 is 15.3 Å². The lowest BCUT2D eigenvalue weighted by Crippen LogP contribution is -2.50. The summed E-state index contributed by atoms with van der Waals surface area (Å²) in [5, 5.41) is 12.6. The number of amides is 2. The number of nitrogens with zero attached hydrogens (tertiary/aromatic N) is 1. The van der Waals surface area contributed by atoms with E-state index in [0.717, 1.165) is 51.6 Å². The summed E-state index contributed by atoms with van der Waals surface area (Å²) in [6, 6.07) is 0.247. The van der Waals surface area contributed by atoms with Crippen molar-refractivity contribution in [3.63, 3.8) is 0 Å². The second-order valence-corrected chi connectivity index (χ2v) is 6.07. The molecule has 1 aliphatic rings. The number of carbonyl (C=O) groups excluding carboxylic acids is 1. The summed E-state index contributed by atoms with van der Waals surface area (Å²) in [4.78, 5) is 14.0. The SMILES string of the molecule is C=CCCCC(C)NC(=O)N1CCC(CC)(CO)CC1. The summed E-state index contributed by atoms with van der Waals surface area (Å²) in [6.45, 7) is 9.61. The van der Waals surface area contributed by atoms with E-state index in [1.807, 2.05) is 11.0 Å². The molecule has 0 saturated carbocycles. The number of aliphatic hydroxyl groups is 1. The Morgan fingerprint density at radius 1 is 1.50 bits per heavy atom. The first-order valence-corrected chi connectivity index (χ1v) is 7.84. The fourth-order valence-corrected chi connectivity index (χ4v) is 2.75. The lowest BCUT2D eigenvalue weighted by atomic mass is 9.77. The van der Waals surface area contributed by atoms with Gasteiger partial charge in [0.1, 0.15) is 0 Å². The van der Waals surface area contributed by atoms with Crippen molar-refractivity contribution >= 4 is 6.03 Å². The molecular formula is C16H30N2O2. The number of piperidine rings is 1. The van der Waals surface area contributed by atoms with E-state index in [9.17, 15) is 9.90 Å². The molecule has 0 aliphatic carbocycles. The zero-order valence-electron chi connectivity index (χ0n) is 13.0. The molecule has 4 heteroatoms.